The molecular formula is C20H26N2O3S. The van der Waals surface area contributed by atoms with Gasteiger partial charge in [-0.3, -0.25) is 9.10 Å². The van der Waals surface area contributed by atoms with Gasteiger partial charge in [0.2, 0.25) is 15.9 Å². The van der Waals surface area contributed by atoms with Crippen molar-refractivity contribution >= 4 is 21.6 Å². The van der Waals surface area contributed by atoms with E-state index in [4.69, 9.17) is 0 Å². The van der Waals surface area contributed by atoms with Crippen LogP contribution < -0.4 is 4.31 Å². The molecule has 0 bridgehead atoms. The van der Waals surface area contributed by atoms with Crippen molar-refractivity contribution in [2.75, 3.05) is 17.6 Å². The summed E-state index contributed by atoms with van der Waals surface area (Å²) < 4.78 is 26.2. The number of carbonyl (C=O) groups is 1. The van der Waals surface area contributed by atoms with Crippen molar-refractivity contribution in [1.29, 1.82) is 0 Å². The number of rotatable bonds is 6. The highest BCUT2D eigenvalue weighted by molar-refractivity contribution is 7.92. The van der Waals surface area contributed by atoms with Gasteiger partial charge < -0.3 is 4.90 Å². The summed E-state index contributed by atoms with van der Waals surface area (Å²) in [4.78, 5) is 14.5. The van der Waals surface area contributed by atoms with E-state index < -0.39 is 16.1 Å². The lowest BCUT2D eigenvalue weighted by molar-refractivity contribution is -0.131. The number of likely N-dealkylation sites (N-methyl/N-ethyl adjacent to an activating group) is 1. The monoisotopic (exact) mass is 374 g/mol. The van der Waals surface area contributed by atoms with Crippen molar-refractivity contribution in [3.8, 4) is 0 Å². The summed E-state index contributed by atoms with van der Waals surface area (Å²) in [5, 5.41) is 0. The van der Waals surface area contributed by atoms with E-state index in [1.165, 1.54) is 4.31 Å². The minimum atomic E-state index is -3.62. The van der Waals surface area contributed by atoms with Gasteiger partial charge >= 0.3 is 0 Å². The van der Waals surface area contributed by atoms with E-state index in [-0.39, 0.29) is 5.91 Å². The molecule has 0 aliphatic rings. The maximum Gasteiger partial charge on any atom is 0.246 e. The van der Waals surface area contributed by atoms with Crippen LogP contribution in [0.3, 0.4) is 0 Å². The number of carbonyl (C=O) groups excluding carboxylic acids is 1. The molecule has 0 fully saturated rings. The van der Waals surface area contributed by atoms with Crippen LogP contribution in [0.1, 0.15) is 23.6 Å². The van der Waals surface area contributed by atoms with Crippen LogP contribution in [0.5, 0.6) is 0 Å². The normalized spacial score (nSPS) is 12.5. The third-order valence-corrected chi connectivity index (χ3v) is 5.53. The standard InChI is InChI=1S/C20H26N2O3S/c1-15-11-12-16(2)19(13-15)22(26(5,24)25)17(3)20(23)21(4)14-18-9-7-6-8-10-18/h6-13,17H,14H2,1-5H3/t17-/m1/s1. The summed E-state index contributed by atoms with van der Waals surface area (Å²) in [7, 11) is -1.93. The highest BCUT2D eigenvalue weighted by Gasteiger charge is 2.31. The van der Waals surface area contributed by atoms with Crippen LogP contribution in [0.25, 0.3) is 0 Å². The Hall–Kier alpha value is -2.34. The Morgan fingerprint density at radius 3 is 2.27 bits per heavy atom. The number of sulfonamides is 1. The quantitative estimate of drug-likeness (QED) is 0.781. The van der Waals surface area contributed by atoms with Crippen LogP contribution in [0.4, 0.5) is 5.69 Å². The largest absolute Gasteiger partial charge is 0.340 e. The van der Waals surface area contributed by atoms with E-state index in [9.17, 15) is 13.2 Å². The van der Waals surface area contributed by atoms with Crippen molar-refractivity contribution in [3.05, 3.63) is 65.2 Å². The Labute approximate surface area is 156 Å². The molecule has 6 heteroatoms. The van der Waals surface area contributed by atoms with Crippen LogP contribution >= 0.6 is 0 Å². The van der Waals surface area contributed by atoms with Gasteiger partial charge in [-0.1, -0.05) is 42.5 Å². The van der Waals surface area contributed by atoms with Crippen molar-refractivity contribution in [1.82, 2.24) is 4.90 Å². The molecule has 0 unspecified atom stereocenters. The van der Waals surface area contributed by atoms with Gasteiger partial charge in [0.25, 0.3) is 0 Å². The van der Waals surface area contributed by atoms with Crippen molar-refractivity contribution in [3.63, 3.8) is 0 Å². The Morgan fingerprint density at radius 2 is 1.69 bits per heavy atom. The number of amides is 1. The van der Waals surface area contributed by atoms with Gasteiger partial charge in [-0.25, -0.2) is 8.42 Å². The average molecular weight is 375 g/mol. The Morgan fingerprint density at radius 1 is 1.08 bits per heavy atom. The first-order chi connectivity index (χ1) is 12.1. The van der Waals surface area contributed by atoms with Gasteiger partial charge in [0.1, 0.15) is 6.04 Å². The van der Waals surface area contributed by atoms with Crippen LogP contribution in [0.2, 0.25) is 0 Å². The Kier molecular flexibility index (Phi) is 6.08. The number of benzene rings is 2. The summed E-state index contributed by atoms with van der Waals surface area (Å²) in [6, 6.07) is 14.4. The van der Waals surface area contributed by atoms with Gasteiger partial charge in [0, 0.05) is 13.6 Å². The highest BCUT2D eigenvalue weighted by Crippen LogP contribution is 2.27. The molecule has 0 saturated heterocycles. The van der Waals surface area contributed by atoms with E-state index in [2.05, 4.69) is 0 Å². The predicted molar refractivity (Wildman–Crippen MR) is 106 cm³/mol. The Bertz CT molecular complexity index is 879. The lowest BCUT2D eigenvalue weighted by atomic mass is 10.1. The molecule has 0 radical (unpaired) electrons. The molecule has 140 valence electrons. The Balaban J connectivity index is 2.33. The topological polar surface area (TPSA) is 57.7 Å². The minimum absolute atomic E-state index is 0.250. The molecule has 0 N–H and O–H groups in total. The number of hydrogen-bond donors (Lipinski definition) is 0. The summed E-state index contributed by atoms with van der Waals surface area (Å²) in [6.45, 7) is 5.80. The van der Waals surface area contributed by atoms with E-state index >= 15 is 0 Å². The fourth-order valence-corrected chi connectivity index (χ4v) is 4.20. The number of nitrogens with zero attached hydrogens (tertiary/aromatic N) is 2. The predicted octanol–water partition coefficient (Wildman–Crippen LogP) is 3.12. The molecule has 2 aromatic carbocycles. The molecule has 0 spiro atoms. The molecule has 0 aliphatic carbocycles. The number of hydrogen-bond acceptors (Lipinski definition) is 3. The summed E-state index contributed by atoms with van der Waals surface area (Å²) in [5.41, 5.74) is 3.29. The maximum absolute atomic E-state index is 12.9. The van der Waals surface area contributed by atoms with Gasteiger partial charge in [-0.15, -0.1) is 0 Å². The van der Waals surface area contributed by atoms with Crippen LogP contribution in [-0.4, -0.2) is 38.6 Å². The molecule has 0 saturated carbocycles. The average Bonchev–Trinajstić information content (AvgIpc) is 2.57. The molecule has 0 aromatic heterocycles. The van der Waals surface area contributed by atoms with Gasteiger partial charge in [-0.05, 0) is 43.5 Å². The van der Waals surface area contributed by atoms with Gasteiger partial charge in [0.15, 0.2) is 0 Å². The van der Waals surface area contributed by atoms with E-state index in [1.807, 2.05) is 56.3 Å². The zero-order valence-electron chi connectivity index (χ0n) is 15.9. The van der Waals surface area contributed by atoms with E-state index in [1.54, 1.807) is 24.9 Å². The maximum atomic E-state index is 12.9. The lowest BCUT2D eigenvalue weighted by Crippen LogP contribution is -2.48. The van der Waals surface area contributed by atoms with Crippen LogP contribution in [0.15, 0.2) is 48.5 Å². The zero-order chi connectivity index (χ0) is 19.5. The third kappa shape index (κ3) is 4.64. The van der Waals surface area contributed by atoms with Crippen molar-refractivity contribution in [2.45, 2.75) is 33.4 Å². The smallest absolute Gasteiger partial charge is 0.246 e. The van der Waals surface area contributed by atoms with Gasteiger partial charge in [0.05, 0.1) is 11.9 Å². The number of aryl methyl sites for hydroxylation is 2. The first-order valence-corrected chi connectivity index (χ1v) is 10.3. The van der Waals surface area contributed by atoms with Crippen molar-refractivity contribution < 1.29 is 13.2 Å². The molecular weight excluding hydrogens is 348 g/mol. The van der Waals surface area contributed by atoms with Crippen LogP contribution in [-0.2, 0) is 21.4 Å². The second kappa shape index (κ2) is 7.91. The van der Waals surface area contributed by atoms with E-state index in [0.29, 0.717) is 12.2 Å². The minimum Gasteiger partial charge on any atom is -0.340 e. The molecule has 2 aromatic rings. The number of anilines is 1. The molecule has 0 heterocycles. The first kappa shape index (κ1) is 20.0. The van der Waals surface area contributed by atoms with Crippen molar-refractivity contribution in [2.24, 2.45) is 0 Å². The molecule has 5 nitrogen and oxygen atoms in total. The zero-order valence-corrected chi connectivity index (χ0v) is 16.7. The molecule has 1 atom stereocenters. The summed E-state index contributed by atoms with van der Waals surface area (Å²) in [6.07, 6.45) is 1.13. The second-order valence-corrected chi connectivity index (χ2v) is 8.56. The van der Waals surface area contributed by atoms with E-state index in [0.717, 1.165) is 22.9 Å². The summed E-state index contributed by atoms with van der Waals surface area (Å²) in [5.74, 6) is -0.250. The SMILES string of the molecule is Cc1ccc(C)c(N([C@H](C)C(=O)N(C)Cc2ccccc2)S(C)(=O)=O)c1. The fraction of sp³-hybridized carbons (Fsp3) is 0.350. The molecule has 1 amide bonds. The third-order valence-electron chi connectivity index (χ3n) is 4.31. The van der Waals surface area contributed by atoms with Gasteiger partial charge in [-0.2, -0.15) is 0 Å². The molecule has 26 heavy (non-hydrogen) atoms. The fourth-order valence-electron chi connectivity index (χ4n) is 2.99. The summed E-state index contributed by atoms with van der Waals surface area (Å²) >= 11 is 0. The molecule has 0 aliphatic heterocycles. The highest BCUT2D eigenvalue weighted by atomic mass is 32.2. The molecule has 2 rings (SSSR count). The second-order valence-electron chi connectivity index (χ2n) is 6.70. The lowest BCUT2D eigenvalue weighted by Gasteiger charge is -2.32. The van der Waals surface area contributed by atoms with Crippen LogP contribution in [0, 0.1) is 13.8 Å². The first-order valence-electron chi connectivity index (χ1n) is 8.47.